The molecule has 1 N–H and O–H groups in total. The second-order valence-corrected chi connectivity index (χ2v) is 7.54. The quantitative estimate of drug-likeness (QED) is 0.760. The molecule has 2 bridgehead atoms. The van der Waals surface area contributed by atoms with E-state index in [9.17, 15) is 5.11 Å². The van der Waals surface area contributed by atoms with Crippen LogP contribution in [0.4, 0.5) is 5.69 Å². The number of hydrogen-bond donors (Lipinski definition) is 1. The highest BCUT2D eigenvalue weighted by Gasteiger charge is 2.41. The molecule has 2 aromatic carbocycles. The smallest absolute Gasteiger partial charge is 0.115 e. The number of hydrogen-bond acceptors (Lipinski definition) is 2. The minimum absolute atomic E-state index is 0.373. The van der Waals surface area contributed by atoms with Crippen molar-refractivity contribution in [2.75, 3.05) is 11.4 Å². The van der Waals surface area contributed by atoms with Crippen LogP contribution in [0.1, 0.15) is 30.4 Å². The van der Waals surface area contributed by atoms with Gasteiger partial charge >= 0.3 is 0 Å². The predicted octanol–water partition coefficient (Wildman–Crippen LogP) is 5.25. The van der Waals surface area contributed by atoms with Crippen LogP contribution in [0.25, 0.3) is 0 Å². The third-order valence-corrected chi connectivity index (χ3v) is 6.04. The number of fused-ring (bicyclic) bond motifs is 4. The van der Waals surface area contributed by atoms with E-state index in [1.165, 1.54) is 11.1 Å². The molecule has 1 aliphatic heterocycles. The van der Waals surface area contributed by atoms with Gasteiger partial charge in [-0.25, -0.2) is 0 Å². The first-order chi connectivity index (χ1) is 11.0. The van der Waals surface area contributed by atoms with Crippen molar-refractivity contribution in [1.29, 1.82) is 0 Å². The molecule has 2 nitrogen and oxygen atoms in total. The zero-order valence-electron chi connectivity index (χ0n) is 13.0. The molecule has 1 aliphatic carbocycles. The lowest BCUT2D eigenvalue weighted by Gasteiger charge is -2.50. The van der Waals surface area contributed by atoms with Crippen molar-refractivity contribution in [2.45, 2.75) is 31.7 Å². The summed E-state index contributed by atoms with van der Waals surface area (Å²) in [5.41, 5.74) is 3.76. The molecule has 1 fully saturated rings. The molecule has 0 amide bonds. The highest BCUT2D eigenvalue weighted by atomic mass is 35.5. The van der Waals surface area contributed by atoms with Gasteiger partial charge in [0.15, 0.2) is 0 Å². The predicted molar refractivity (Wildman–Crippen MR) is 95.9 cm³/mol. The Kier molecular flexibility index (Phi) is 3.70. The van der Waals surface area contributed by atoms with Crippen molar-refractivity contribution in [3.63, 3.8) is 0 Å². The normalized spacial score (nSPS) is 26.0. The summed E-state index contributed by atoms with van der Waals surface area (Å²) < 4.78 is 0. The van der Waals surface area contributed by atoms with Crippen LogP contribution >= 0.6 is 23.2 Å². The molecule has 0 saturated carbocycles. The Bertz CT molecular complexity index is 761. The van der Waals surface area contributed by atoms with Gasteiger partial charge in [0.25, 0.3) is 0 Å². The summed E-state index contributed by atoms with van der Waals surface area (Å²) in [6, 6.07) is 12.0. The van der Waals surface area contributed by atoms with E-state index in [2.05, 4.69) is 17.9 Å². The second kappa shape index (κ2) is 5.61. The average Bonchev–Trinajstić information content (AvgIpc) is 2.49. The zero-order valence-corrected chi connectivity index (χ0v) is 14.5. The Hall–Kier alpha value is -1.38. The second-order valence-electron chi connectivity index (χ2n) is 6.70. The minimum Gasteiger partial charge on any atom is -0.508 e. The fourth-order valence-corrected chi connectivity index (χ4v) is 4.86. The van der Waals surface area contributed by atoms with Crippen LogP contribution in [0, 0.1) is 5.92 Å². The van der Waals surface area contributed by atoms with Crippen molar-refractivity contribution in [3.8, 4) is 5.75 Å². The summed E-state index contributed by atoms with van der Waals surface area (Å²) >= 11 is 12.5. The van der Waals surface area contributed by atoms with E-state index < -0.39 is 0 Å². The maximum absolute atomic E-state index is 9.82. The lowest BCUT2D eigenvalue weighted by Crippen LogP contribution is -2.51. The summed E-state index contributed by atoms with van der Waals surface area (Å²) in [6.07, 6.45) is 2.07. The molecule has 3 atom stereocenters. The Morgan fingerprint density at radius 1 is 1.13 bits per heavy atom. The maximum atomic E-state index is 9.82. The highest BCUT2D eigenvalue weighted by molar-refractivity contribution is 6.36. The molecule has 23 heavy (non-hydrogen) atoms. The van der Waals surface area contributed by atoms with Crippen molar-refractivity contribution < 1.29 is 5.11 Å². The van der Waals surface area contributed by atoms with Gasteiger partial charge in [-0.1, -0.05) is 36.2 Å². The molecular formula is C19H19Cl2NO. The molecule has 1 saturated heterocycles. The van der Waals surface area contributed by atoms with Gasteiger partial charge in [-0.15, -0.1) is 0 Å². The number of piperidine rings is 1. The standard InChI is InChI=1S/C19H19Cl2NO/c1-11-15-6-7-22(18-5-3-13(20)9-17(18)21)19(11)8-12-2-4-14(23)10-16(12)15/h2-5,9-11,15,19,23H,6-8H2,1H3. The third kappa shape index (κ3) is 2.49. The maximum Gasteiger partial charge on any atom is 0.115 e. The van der Waals surface area contributed by atoms with Crippen LogP contribution < -0.4 is 4.90 Å². The lowest BCUT2D eigenvalue weighted by molar-refractivity contribution is 0.277. The first-order valence-electron chi connectivity index (χ1n) is 8.08. The van der Waals surface area contributed by atoms with Gasteiger partial charge in [0.1, 0.15) is 5.75 Å². The summed E-state index contributed by atoms with van der Waals surface area (Å²) in [5.74, 6) is 1.42. The Morgan fingerprint density at radius 3 is 2.74 bits per heavy atom. The SMILES string of the molecule is CC1C2CCN(c3ccc(Cl)cc3Cl)C1Cc1ccc(O)cc12. The van der Waals surface area contributed by atoms with E-state index >= 15 is 0 Å². The van der Waals surface area contributed by atoms with Gasteiger partial charge in [-0.05, 0) is 66.1 Å². The fourth-order valence-electron chi connectivity index (χ4n) is 4.35. The van der Waals surface area contributed by atoms with Gasteiger partial charge in [-0.2, -0.15) is 0 Å². The molecule has 0 spiro atoms. The number of phenols is 1. The van der Waals surface area contributed by atoms with Crippen LogP contribution in [0.3, 0.4) is 0 Å². The van der Waals surface area contributed by atoms with Crippen LogP contribution in [0.15, 0.2) is 36.4 Å². The highest BCUT2D eigenvalue weighted by Crippen LogP contribution is 2.47. The van der Waals surface area contributed by atoms with Gasteiger partial charge in [0.2, 0.25) is 0 Å². The fraction of sp³-hybridized carbons (Fsp3) is 0.368. The number of halogens is 2. The summed E-state index contributed by atoms with van der Waals surface area (Å²) in [7, 11) is 0. The van der Waals surface area contributed by atoms with Crippen molar-refractivity contribution in [3.05, 3.63) is 57.6 Å². The van der Waals surface area contributed by atoms with E-state index in [1.54, 1.807) is 6.07 Å². The molecule has 0 radical (unpaired) electrons. The van der Waals surface area contributed by atoms with E-state index in [-0.39, 0.29) is 0 Å². The number of anilines is 1. The Balaban J connectivity index is 1.74. The van der Waals surface area contributed by atoms with Crippen LogP contribution in [0.5, 0.6) is 5.75 Å². The molecular weight excluding hydrogens is 329 g/mol. The van der Waals surface area contributed by atoms with Gasteiger partial charge in [0, 0.05) is 17.6 Å². The van der Waals surface area contributed by atoms with E-state index in [0.29, 0.717) is 28.6 Å². The summed E-state index contributed by atoms with van der Waals surface area (Å²) in [5, 5.41) is 11.2. The van der Waals surface area contributed by atoms with Gasteiger partial charge < -0.3 is 10.0 Å². The number of phenolic OH excluding ortho intramolecular Hbond substituents is 1. The van der Waals surface area contributed by atoms with E-state index in [4.69, 9.17) is 23.2 Å². The topological polar surface area (TPSA) is 23.5 Å². The molecule has 2 aliphatic rings. The molecule has 4 rings (SSSR count). The summed E-state index contributed by atoms with van der Waals surface area (Å²) in [4.78, 5) is 2.44. The average molecular weight is 348 g/mol. The minimum atomic E-state index is 0.373. The lowest BCUT2D eigenvalue weighted by atomic mass is 9.68. The number of aromatic hydroxyl groups is 1. The Morgan fingerprint density at radius 2 is 1.96 bits per heavy atom. The molecule has 0 aromatic heterocycles. The molecule has 2 aromatic rings. The summed E-state index contributed by atoms with van der Waals surface area (Å²) in [6.45, 7) is 3.30. The van der Waals surface area contributed by atoms with Crippen LogP contribution in [-0.2, 0) is 6.42 Å². The number of nitrogens with zero attached hydrogens (tertiary/aromatic N) is 1. The molecule has 1 heterocycles. The number of benzene rings is 2. The number of rotatable bonds is 1. The van der Waals surface area contributed by atoms with Gasteiger partial charge in [-0.3, -0.25) is 0 Å². The van der Waals surface area contributed by atoms with Crippen LogP contribution in [-0.4, -0.2) is 17.7 Å². The zero-order chi connectivity index (χ0) is 16.1. The van der Waals surface area contributed by atoms with Crippen LogP contribution in [0.2, 0.25) is 10.0 Å². The van der Waals surface area contributed by atoms with Gasteiger partial charge in [0.05, 0.1) is 10.7 Å². The van der Waals surface area contributed by atoms with Crippen molar-refractivity contribution in [2.24, 2.45) is 5.92 Å². The van der Waals surface area contributed by atoms with E-state index in [0.717, 1.165) is 30.1 Å². The monoisotopic (exact) mass is 347 g/mol. The van der Waals surface area contributed by atoms with Crippen molar-refractivity contribution in [1.82, 2.24) is 0 Å². The van der Waals surface area contributed by atoms with Crippen molar-refractivity contribution >= 4 is 28.9 Å². The first kappa shape index (κ1) is 15.2. The Labute approximate surface area is 146 Å². The molecule has 120 valence electrons. The van der Waals surface area contributed by atoms with E-state index in [1.807, 2.05) is 24.3 Å². The molecule has 4 heteroatoms. The molecule has 3 unspecified atom stereocenters. The largest absolute Gasteiger partial charge is 0.508 e. The third-order valence-electron chi connectivity index (χ3n) is 5.50. The first-order valence-corrected chi connectivity index (χ1v) is 8.83.